The van der Waals surface area contributed by atoms with Crippen molar-refractivity contribution in [3.05, 3.63) is 29.3 Å². The van der Waals surface area contributed by atoms with Gasteiger partial charge < -0.3 is 15.7 Å². The Balaban J connectivity index is 2.25. The second kappa shape index (κ2) is 4.23. The van der Waals surface area contributed by atoms with E-state index in [0.29, 0.717) is 6.42 Å². The molecule has 2 rings (SSSR count). The number of carbonyl (C=O) groups is 1. The van der Waals surface area contributed by atoms with Gasteiger partial charge in [0.1, 0.15) is 0 Å². The Morgan fingerprint density at radius 2 is 2.25 bits per heavy atom. The van der Waals surface area contributed by atoms with Gasteiger partial charge in [0.2, 0.25) is 5.91 Å². The van der Waals surface area contributed by atoms with E-state index in [1.54, 1.807) is 0 Å². The minimum Gasteiger partial charge on any atom is -0.387 e. The molecule has 2 atom stereocenters. The fourth-order valence-electron chi connectivity index (χ4n) is 1.88. The van der Waals surface area contributed by atoms with E-state index in [-0.39, 0.29) is 11.9 Å². The zero-order valence-corrected chi connectivity index (χ0v) is 9.45. The number of aliphatic hydroxyl groups is 1. The summed E-state index contributed by atoms with van der Waals surface area (Å²) in [5.74, 6) is 0.0169. The Hall–Kier alpha value is -1.39. The molecule has 1 aliphatic heterocycles. The highest BCUT2D eigenvalue weighted by Crippen LogP contribution is 2.27. The summed E-state index contributed by atoms with van der Waals surface area (Å²) >= 11 is 0. The SMILES string of the molecule is CNC(C)C(O)c1ccc2c(c1)CC(=O)N2. The van der Waals surface area contributed by atoms with E-state index in [9.17, 15) is 9.90 Å². The van der Waals surface area contributed by atoms with Crippen LogP contribution in [0.5, 0.6) is 0 Å². The van der Waals surface area contributed by atoms with Gasteiger partial charge in [0.15, 0.2) is 0 Å². The first-order chi connectivity index (χ1) is 7.61. The van der Waals surface area contributed by atoms with E-state index in [4.69, 9.17) is 0 Å². The van der Waals surface area contributed by atoms with Crippen molar-refractivity contribution in [3.8, 4) is 0 Å². The number of benzene rings is 1. The summed E-state index contributed by atoms with van der Waals surface area (Å²) in [7, 11) is 1.81. The molecule has 0 bridgehead atoms. The van der Waals surface area contributed by atoms with Gasteiger partial charge in [0, 0.05) is 11.7 Å². The van der Waals surface area contributed by atoms with Gasteiger partial charge in [0.25, 0.3) is 0 Å². The molecule has 0 saturated carbocycles. The number of amides is 1. The molecule has 1 heterocycles. The van der Waals surface area contributed by atoms with E-state index in [0.717, 1.165) is 16.8 Å². The number of rotatable bonds is 3. The molecule has 0 radical (unpaired) electrons. The van der Waals surface area contributed by atoms with Crippen LogP contribution in [0, 0.1) is 0 Å². The Bertz CT molecular complexity index is 417. The third kappa shape index (κ3) is 1.94. The molecule has 1 aromatic rings. The molecular formula is C12H16N2O2. The van der Waals surface area contributed by atoms with Crippen molar-refractivity contribution < 1.29 is 9.90 Å². The molecule has 0 saturated heterocycles. The van der Waals surface area contributed by atoms with Crippen LogP contribution in [0.2, 0.25) is 0 Å². The molecule has 1 amide bonds. The van der Waals surface area contributed by atoms with Gasteiger partial charge in [-0.3, -0.25) is 4.79 Å². The number of hydrogen-bond acceptors (Lipinski definition) is 3. The number of aliphatic hydroxyl groups excluding tert-OH is 1. The molecule has 0 aliphatic carbocycles. The number of hydrogen-bond donors (Lipinski definition) is 3. The van der Waals surface area contributed by atoms with Gasteiger partial charge in [-0.25, -0.2) is 0 Å². The lowest BCUT2D eigenvalue weighted by atomic mass is 10.00. The highest BCUT2D eigenvalue weighted by Gasteiger charge is 2.21. The summed E-state index contributed by atoms with van der Waals surface area (Å²) in [4.78, 5) is 11.2. The fraction of sp³-hybridized carbons (Fsp3) is 0.417. The molecule has 3 N–H and O–H groups in total. The third-order valence-corrected chi connectivity index (χ3v) is 3.02. The first-order valence-electron chi connectivity index (χ1n) is 5.40. The molecule has 16 heavy (non-hydrogen) atoms. The van der Waals surface area contributed by atoms with Crippen LogP contribution >= 0.6 is 0 Å². The lowest BCUT2D eigenvalue weighted by Gasteiger charge is -2.19. The zero-order chi connectivity index (χ0) is 11.7. The number of fused-ring (bicyclic) bond motifs is 1. The second-order valence-electron chi connectivity index (χ2n) is 4.16. The predicted molar refractivity (Wildman–Crippen MR) is 62.3 cm³/mol. The fourth-order valence-corrected chi connectivity index (χ4v) is 1.88. The minimum atomic E-state index is -0.550. The van der Waals surface area contributed by atoms with Crippen LogP contribution in [0.3, 0.4) is 0 Å². The number of carbonyl (C=O) groups excluding carboxylic acids is 1. The molecule has 4 nitrogen and oxygen atoms in total. The summed E-state index contributed by atoms with van der Waals surface area (Å²) in [6.45, 7) is 1.92. The van der Waals surface area contributed by atoms with Crippen molar-refractivity contribution in [2.75, 3.05) is 12.4 Å². The molecule has 4 heteroatoms. The van der Waals surface area contributed by atoms with Gasteiger partial charge in [-0.1, -0.05) is 12.1 Å². The predicted octanol–water partition coefficient (Wildman–Crippen LogP) is 0.822. The first kappa shape index (κ1) is 11.1. The average molecular weight is 220 g/mol. The Kier molecular flexibility index (Phi) is 2.94. The molecule has 1 aliphatic rings. The van der Waals surface area contributed by atoms with E-state index in [2.05, 4.69) is 10.6 Å². The van der Waals surface area contributed by atoms with Gasteiger partial charge in [0.05, 0.1) is 12.5 Å². The average Bonchev–Trinajstić information content (AvgIpc) is 2.65. The number of likely N-dealkylation sites (N-methyl/N-ethyl adjacent to an activating group) is 1. The van der Waals surface area contributed by atoms with Crippen LogP contribution in [-0.4, -0.2) is 24.1 Å². The molecule has 1 aromatic carbocycles. The second-order valence-corrected chi connectivity index (χ2v) is 4.16. The Morgan fingerprint density at radius 3 is 2.94 bits per heavy atom. The summed E-state index contributed by atoms with van der Waals surface area (Å²) in [6, 6.07) is 5.58. The summed E-state index contributed by atoms with van der Waals surface area (Å²) in [5, 5.41) is 15.8. The summed E-state index contributed by atoms with van der Waals surface area (Å²) < 4.78 is 0. The maximum absolute atomic E-state index is 11.2. The highest BCUT2D eigenvalue weighted by molar-refractivity contribution is 5.99. The lowest BCUT2D eigenvalue weighted by Crippen LogP contribution is -2.28. The van der Waals surface area contributed by atoms with Gasteiger partial charge in [-0.05, 0) is 31.2 Å². The number of anilines is 1. The minimum absolute atomic E-state index is 0.0110. The van der Waals surface area contributed by atoms with E-state index in [1.165, 1.54) is 0 Å². The molecular weight excluding hydrogens is 204 g/mol. The van der Waals surface area contributed by atoms with Crippen molar-refractivity contribution in [1.82, 2.24) is 5.32 Å². The summed E-state index contributed by atoms with van der Waals surface area (Å²) in [6.07, 6.45) is -0.143. The van der Waals surface area contributed by atoms with Gasteiger partial charge in [-0.15, -0.1) is 0 Å². The van der Waals surface area contributed by atoms with Crippen LogP contribution < -0.4 is 10.6 Å². The standard InChI is InChI=1S/C12H16N2O2/c1-7(13-2)12(16)8-3-4-10-9(5-8)6-11(15)14-10/h3-5,7,12-13,16H,6H2,1-2H3,(H,14,15). The number of nitrogens with one attached hydrogen (secondary N) is 2. The normalized spacial score (nSPS) is 17.8. The van der Waals surface area contributed by atoms with Crippen LogP contribution in [0.4, 0.5) is 5.69 Å². The Morgan fingerprint density at radius 1 is 1.50 bits per heavy atom. The van der Waals surface area contributed by atoms with Crippen molar-refractivity contribution in [1.29, 1.82) is 0 Å². The van der Waals surface area contributed by atoms with Crippen molar-refractivity contribution in [2.24, 2.45) is 0 Å². The maximum atomic E-state index is 11.2. The van der Waals surface area contributed by atoms with Crippen molar-refractivity contribution >= 4 is 11.6 Å². The highest BCUT2D eigenvalue weighted by atomic mass is 16.3. The molecule has 86 valence electrons. The molecule has 2 unspecified atom stereocenters. The zero-order valence-electron chi connectivity index (χ0n) is 9.45. The molecule has 0 fully saturated rings. The van der Waals surface area contributed by atoms with Crippen LogP contribution in [0.1, 0.15) is 24.2 Å². The Labute approximate surface area is 94.7 Å². The van der Waals surface area contributed by atoms with E-state index in [1.807, 2.05) is 32.2 Å². The van der Waals surface area contributed by atoms with Crippen molar-refractivity contribution in [3.63, 3.8) is 0 Å². The summed E-state index contributed by atoms with van der Waals surface area (Å²) in [5.41, 5.74) is 2.67. The van der Waals surface area contributed by atoms with Gasteiger partial charge in [-0.2, -0.15) is 0 Å². The van der Waals surface area contributed by atoms with E-state index < -0.39 is 6.10 Å². The molecule has 0 spiro atoms. The van der Waals surface area contributed by atoms with Crippen LogP contribution in [0.25, 0.3) is 0 Å². The largest absolute Gasteiger partial charge is 0.387 e. The van der Waals surface area contributed by atoms with E-state index >= 15 is 0 Å². The maximum Gasteiger partial charge on any atom is 0.228 e. The monoisotopic (exact) mass is 220 g/mol. The van der Waals surface area contributed by atoms with Gasteiger partial charge >= 0.3 is 0 Å². The topological polar surface area (TPSA) is 61.4 Å². The van der Waals surface area contributed by atoms with Crippen LogP contribution in [-0.2, 0) is 11.2 Å². The third-order valence-electron chi connectivity index (χ3n) is 3.02. The smallest absolute Gasteiger partial charge is 0.228 e. The first-order valence-corrected chi connectivity index (χ1v) is 5.40. The van der Waals surface area contributed by atoms with Crippen LogP contribution in [0.15, 0.2) is 18.2 Å². The van der Waals surface area contributed by atoms with Crippen molar-refractivity contribution in [2.45, 2.75) is 25.5 Å². The quantitative estimate of drug-likeness (QED) is 0.707. The molecule has 0 aromatic heterocycles. The lowest BCUT2D eigenvalue weighted by molar-refractivity contribution is -0.115.